The largest absolute Gasteiger partial charge is 0.350 e. The van der Waals surface area contributed by atoms with E-state index in [1.165, 1.54) is 6.33 Å². The van der Waals surface area contributed by atoms with Crippen molar-refractivity contribution in [2.24, 2.45) is 0 Å². The normalized spacial score (nSPS) is 9.50. The van der Waals surface area contributed by atoms with Gasteiger partial charge < -0.3 is 5.32 Å². The molecule has 0 aliphatic carbocycles. The van der Waals surface area contributed by atoms with E-state index in [-0.39, 0.29) is 11.7 Å². The third kappa shape index (κ3) is 1.98. The number of amides is 1. The van der Waals surface area contributed by atoms with E-state index in [1.54, 1.807) is 6.92 Å². The molecule has 0 spiro atoms. The summed E-state index contributed by atoms with van der Waals surface area (Å²) in [6, 6.07) is 0. The Balaban J connectivity index is 2.81. The van der Waals surface area contributed by atoms with Crippen LogP contribution in [0.1, 0.15) is 23.4 Å². The van der Waals surface area contributed by atoms with Gasteiger partial charge in [0.1, 0.15) is 12.2 Å². The van der Waals surface area contributed by atoms with E-state index in [1.807, 2.05) is 6.92 Å². The highest BCUT2D eigenvalue weighted by Crippen LogP contribution is 1.88. The van der Waals surface area contributed by atoms with Crippen molar-refractivity contribution in [2.75, 3.05) is 6.54 Å². The van der Waals surface area contributed by atoms with Crippen molar-refractivity contribution in [3.8, 4) is 0 Å². The van der Waals surface area contributed by atoms with Crippen molar-refractivity contribution in [1.82, 2.24) is 20.3 Å². The van der Waals surface area contributed by atoms with E-state index >= 15 is 0 Å². The Kier molecular flexibility index (Phi) is 2.68. The van der Waals surface area contributed by atoms with Gasteiger partial charge in [0.2, 0.25) is 5.82 Å². The van der Waals surface area contributed by atoms with Crippen LogP contribution in [0, 0.1) is 6.92 Å². The number of rotatable bonds is 2. The molecule has 0 saturated carbocycles. The Morgan fingerprint density at radius 2 is 2.33 bits per heavy atom. The van der Waals surface area contributed by atoms with Crippen molar-refractivity contribution in [3.05, 3.63) is 18.0 Å². The summed E-state index contributed by atoms with van der Waals surface area (Å²) in [4.78, 5) is 22.5. The molecule has 1 N–H and O–H groups in total. The van der Waals surface area contributed by atoms with Crippen LogP contribution in [0.3, 0.4) is 0 Å². The van der Waals surface area contributed by atoms with Gasteiger partial charge in [0, 0.05) is 6.54 Å². The van der Waals surface area contributed by atoms with Crippen LogP contribution in [0.5, 0.6) is 0 Å². The quantitative estimate of drug-likeness (QED) is 0.667. The van der Waals surface area contributed by atoms with E-state index in [4.69, 9.17) is 0 Å². The molecule has 5 nitrogen and oxygen atoms in total. The molecule has 0 aromatic carbocycles. The minimum Gasteiger partial charge on any atom is -0.350 e. The topological polar surface area (TPSA) is 67.8 Å². The van der Waals surface area contributed by atoms with Crippen LogP contribution in [0.15, 0.2) is 6.33 Å². The Morgan fingerprint density at radius 1 is 1.58 bits per heavy atom. The van der Waals surface area contributed by atoms with Crippen LogP contribution in [0.2, 0.25) is 0 Å². The molecule has 1 amide bonds. The molecule has 1 aromatic heterocycles. The molecule has 1 aromatic rings. The number of aromatic nitrogens is 3. The maximum absolute atomic E-state index is 11.1. The summed E-state index contributed by atoms with van der Waals surface area (Å²) < 4.78 is 0. The van der Waals surface area contributed by atoms with Gasteiger partial charge in [-0.2, -0.15) is 0 Å². The predicted octanol–water partition coefficient (Wildman–Crippen LogP) is -0.0703. The molecule has 0 aliphatic heterocycles. The van der Waals surface area contributed by atoms with Gasteiger partial charge in [-0.15, -0.1) is 0 Å². The monoisotopic (exact) mass is 166 g/mol. The van der Waals surface area contributed by atoms with Crippen molar-refractivity contribution in [2.45, 2.75) is 13.8 Å². The van der Waals surface area contributed by atoms with Crippen molar-refractivity contribution >= 4 is 5.91 Å². The zero-order valence-corrected chi connectivity index (χ0v) is 7.03. The minimum atomic E-state index is -0.261. The summed E-state index contributed by atoms with van der Waals surface area (Å²) in [5.74, 6) is 0.457. The first-order valence-electron chi connectivity index (χ1n) is 3.68. The van der Waals surface area contributed by atoms with Crippen LogP contribution in [-0.2, 0) is 0 Å². The summed E-state index contributed by atoms with van der Waals surface area (Å²) in [5.41, 5.74) is 0. The fraction of sp³-hybridized carbons (Fsp3) is 0.429. The van der Waals surface area contributed by atoms with Crippen LogP contribution in [-0.4, -0.2) is 27.4 Å². The maximum atomic E-state index is 11.1. The molecule has 0 saturated heterocycles. The number of hydrogen-bond donors (Lipinski definition) is 1. The van der Waals surface area contributed by atoms with Crippen LogP contribution < -0.4 is 5.32 Å². The highest BCUT2D eigenvalue weighted by atomic mass is 16.2. The second kappa shape index (κ2) is 3.75. The summed E-state index contributed by atoms with van der Waals surface area (Å²) >= 11 is 0. The fourth-order valence-corrected chi connectivity index (χ4v) is 0.727. The van der Waals surface area contributed by atoms with Crippen molar-refractivity contribution in [1.29, 1.82) is 0 Å². The second-order valence-electron chi connectivity index (χ2n) is 2.22. The molecule has 0 aliphatic rings. The Bertz CT molecular complexity index is 286. The fourth-order valence-electron chi connectivity index (χ4n) is 0.727. The third-order valence-electron chi connectivity index (χ3n) is 1.23. The lowest BCUT2D eigenvalue weighted by Gasteiger charge is -1.99. The zero-order chi connectivity index (χ0) is 8.97. The molecule has 12 heavy (non-hydrogen) atoms. The molecule has 0 radical (unpaired) electrons. The third-order valence-corrected chi connectivity index (χ3v) is 1.23. The molecule has 5 heteroatoms. The highest BCUT2D eigenvalue weighted by Gasteiger charge is 2.06. The molecule has 0 unspecified atom stereocenters. The lowest BCUT2D eigenvalue weighted by Crippen LogP contribution is -2.25. The lowest BCUT2D eigenvalue weighted by atomic mass is 10.5. The number of carbonyl (C=O) groups excluding carboxylic acids is 1. The molecule has 0 bridgehead atoms. The number of hydrogen-bond acceptors (Lipinski definition) is 4. The van der Waals surface area contributed by atoms with E-state index < -0.39 is 0 Å². The molecule has 0 atom stereocenters. The average molecular weight is 166 g/mol. The van der Waals surface area contributed by atoms with E-state index in [0.29, 0.717) is 12.4 Å². The summed E-state index contributed by atoms with van der Waals surface area (Å²) in [7, 11) is 0. The number of carbonyl (C=O) groups is 1. The summed E-state index contributed by atoms with van der Waals surface area (Å²) in [6.45, 7) is 4.12. The molecule has 1 rings (SSSR count). The number of aryl methyl sites for hydroxylation is 1. The van der Waals surface area contributed by atoms with Crippen molar-refractivity contribution < 1.29 is 4.79 Å². The molecular weight excluding hydrogens is 156 g/mol. The molecule has 64 valence electrons. The van der Waals surface area contributed by atoms with Crippen molar-refractivity contribution in [3.63, 3.8) is 0 Å². The van der Waals surface area contributed by atoms with Gasteiger partial charge in [-0.1, -0.05) is 0 Å². The Hall–Kier alpha value is -1.52. The summed E-state index contributed by atoms with van der Waals surface area (Å²) in [6.07, 6.45) is 1.33. The van der Waals surface area contributed by atoms with Gasteiger partial charge in [-0.05, 0) is 13.8 Å². The average Bonchev–Trinajstić information content (AvgIpc) is 2.05. The first-order valence-corrected chi connectivity index (χ1v) is 3.68. The zero-order valence-electron chi connectivity index (χ0n) is 7.03. The smallest absolute Gasteiger partial charge is 0.289 e. The maximum Gasteiger partial charge on any atom is 0.289 e. The van der Waals surface area contributed by atoms with Gasteiger partial charge in [-0.3, -0.25) is 4.79 Å². The van der Waals surface area contributed by atoms with E-state index in [2.05, 4.69) is 20.3 Å². The van der Waals surface area contributed by atoms with E-state index in [9.17, 15) is 4.79 Å². The first-order chi connectivity index (χ1) is 5.74. The van der Waals surface area contributed by atoms with E-state index in [0.717, 1.165) is 0 Å². The van der Waals surface area contributed by atoms with Gasteiger partial charge in [0.05, 0.1) is 0 Å². The van der Waals surface area contributed by atoms with Gasteiger partial charge in [0.25, 0.3) is 5.91 Å². The predicted molar refractivity (Wildman–Crippen MR) is 42.6 cm³/mol. The molecular formula is C7H10N4O. The van der Waals surface area contributed by atoms with Crippen LogP contribution in [0.25, 0.3) is 0 Å². The Labute approximate surface area is 70.3 Å². The second-order valence-corrected chi connectivity index (χ2v) is 2.22. The lowest BCUT2D eigenvalue weighted by molar-refractivity contribution is 0.0944. The van der Waals surface area contributed by atoms with Crippen LogP contribution in [0.4, 0.5) is 0 Å². The number of nitrogens with zero attached hydrogens (tertiary/aromatic N) is 3. The van der Waals surface area contributed by atoms with Gasteiger partial charge in [0.15, 0.2) is 0 Å². The highest BCUT2D eigenvalue weighted by molar-refractivity contribution is 5.90. The van der Waals surface area contributed by atoms with Gasteiger partial charge in [-0.25, -0.2) is 15.0 Å². The molecule has 1 heterocycles. The SMILES string of the molecule is CCNC(=O)c1ncnc(C)n1. The molecule has 0 fully saturated rings. The number of nitrogens with one attached hydrogen (secondary N) is 1. The standard InChI is InChI=1S/C7H10N4O/c1-3-8-7(12)6-10-4-9-5(2)11-6/h4H,3H2,1-2H3,(H,8,12). The Morgan fingerprint density at radius 3 is 2.92 bits per heavy atom. The van der Waals surface area contributed by atoms with Gasteiger partial charge >= 0.3 is 0 Å². The minimum absolute atomic E-state index is 0.171. The first kappa shape index (κ1) is 8.58. The summed E-state index contributed by atoms with van der Waals surface area (Å²) in [5, 5.41) is 2.60. The van der Waals surface area contributed by atoms with Crippen LogP contribution >= 0.6 is 0 Å².